The summed E-state index contributed by atoms with van der Waals surface area (Å²) in [5, 5.41) is 0. The molecule has 0 heterocycles. The largest absolute Gasteiger partial charge is 0.465 e. The lowest BCUT2D eigenvalue weighted by molar-refractivity contribution is -0.154. The van der Waals surface area contributed by atoms with E-state index in [1.165, 1.54) is 6.92 Å². The van der Waals surface area contributed by atoms with Crippen LogP contribution in [-0.4, -0.2) is 29.9 Å². The zero-order valence-corrected chi connectivity index (χ0v) is 13.1. The highest BCUT2D eigenvalue weighted by atomic mass is 32.2. The molecule has 0 aromatic rings. The summed E-state index contributed by atoms with van der Waals surface area (Å²) in [6.07, 6.45) is 1.70. The van der Waals surface area contributed by atoms with Gasteiger partial charge in [0.25, 0.3) is 0 Å². The van der Waals surface area contributed by atoms with Crippen LogP contribution in [0.4, 0.5) is 0 Å². The molecule has 0 spiro atoms. The number of hydrogen-bond acceptors (Lipinski definition) is 4. The van der Waals surface area contributed by atoms with Gasteiger partial charge in [-0.05, 0) is 36.7 Å². The Morgan fingerprint density at radius 3 is 2.28 bits per heavy atom. The maximum absolute atomic E-state index is 11.8. The maximum atomic E-state index is 11.8. The van der Waals surface area contributed by atoms with E-state index in [1.807, 2.05) is 20.8 Å². The van der Waals surface area contributed by atoms with Gasteiger partial charge >= 0.3 is 5.97 Å². The van der Waals surface area contributed by atoms with Gasteiger partial charge in [0.1, 0.15) is 11.7 Å². The number of carbonyl (C=O) groups is 2. The Morgan fingerprint density at radius 1 is 1.22 bits per heavy atom. The van der Waals surface area contributed by atoms with Gasteiger partial charge in [0.2, 0.25) is 0 Å². The van der Waals surface area contributed by atoms with E-state index in [0.717, 1.165) is 17.9 Å². The fraction of sp³-hybridized carbons (Fsp3) is 0.857. The lowest BCUT2D eigenvalue weighted by Gasteiger charge is -2.20. The number of thioether (sulfide) groups is 1. The van der Waals surface area contributed by atoms with Crippen molar-refractivity contribution >= 4 is 23.5 Å². The van der Waals surface area contributed by atoms with Gasteiger partial charge in [-0.15, -0.1) is 0 Å². The number of ketones is 1. The topological polar surface area (TPSA) is 43.4 Å². The van der Waals surface area contributed by atoms with Gasteiger partial charge < -0.3 is 4.74 Å². The van der Waals surface area contributed by atoms with E-state index in [-0.39, 0.29) is 17.2 Å². The molecule has 1 atom stereocenters. The first-order valence-corrected chi connectivity index (χ1v) is 7.68. The Kier molecular flexibility index (Phi) is 8.32. The average Bonchev–Trinajstić information content (AvgIpc) is 2.24. The molecule has 1 unspecified atom stereocenters. The van der Waals surface area contributed by atoms with Gasteiger partial charge in [-0.2, -0.15) is 11.8 Å². The molecule has 18 heavy (non-hydrogen) atoms. The fourth-order valence-corrected chi connectivity index (χ4v) is 2.22. The van der Waals surface area contributed by atoms with Crippen LogP contribution >= 0.6 is 11.8 Å². The Hall–Kier alpha value is -0.510. The van der Waals surface area contributed by atoms with Crippen molar-refractivity contribution in [2.24, 2.45) is 11.3 Å². The molecule has 0 aliphatic heterocycles. The van der Waals surface area contributed by atoms with E-state index in [2.05, 4.69) is 6.92 Å². The molecule has 4 heteroatoms. The van der Waals surface area contributed by atoms with E-state index in [0.29, 0.717) is 13.0 Å². The van der Waals surface area contributed by atoms with Crippen molar-refractivity contribution in [1.29, 1.82) is 0 Å². The first-order valence-electron chi connectivity index (χ1n) is 6.52. The van der Waals surface area contributed by atoms with Crippen LogP contribution in [0.25, 0.3) is 0 Å². The zero-order valence-electron chi connectivity index (χ0n) is 12.2. The minimum Gasteiger partial charge on any atom is -0.465 e. The van der Waals surface area contributed by atoms with Gasteiger partial charge in [0, 0.05) is 0 Å². The molecule has 0 aliphatic carbocycles. The summed E-state index contributed by atoms with van der Waals surface area (Å²) in [6.45, 7) is 9.94. The second-order valence-electron chi connectivity index (χ2n) is 5.73. The second-order valence-corrected chi connectivity index (χ2v) is 6.96. The van der Waals surface area contributed by atoms with Crippen molar-refractivity contribution in [3.05, 3.63) is 0 Å². The van der Waals surface area contributed by atoms with E-state index < -0.39 is 5.92 Å². The van der Waals surface area contributed by atoms with Crippen LogP contribution in [0.2, 0.25) is 0 Å². The molecular weight excluding hydrogens is 248 g/mol. The van der Waals surface area contributed by atoms with Crippen molar-refractivity contribution < 1.29 is 14.3 Å². The number of Topliss-reactive ketones (excluding diaryl/α,β-unsaturated/α-hetero) is 1. The van der Waals surface area contributed by atoms with Gasteiger partial charge in [0.05, 0.1) is 6.61 Å². The molecule has 0 fully saturated rings. The summed E-state index contributed by atoms with van der Waals surface area (Å²) in [4.78, 5) is 23.3. The third kappa shape index (κ3) is 8.56. The first-order chi connectivity index (χ1) is 8.28. The summed E-state index contributed by atoms with van der Waals surface area (Å²) in [5.41, 5.74) is -0.0615. The third-order valence-corrected chi connectivity index (χ3v) is 3.54. The lowest BCUT2D eigenvalue weighted by Crippen LogP contribution is -2.28. The first kappa shape index (κ1) is 17.5. The Morgan fingerprint density at radius 2 is 1.83 bits per heavy atom. The van der Waals surface area contributed by atoms with Crippen LogP contribution in [0.1, 0.15) is 47.5 Å². The highest BCUT2D eigenvalue weighted by molar-refractivity contribution is 7.99. The summed E-state index contributed by atoms with van der Waals surface area (Å²) >= 11 is 1.78. The molecular formula is C14H26O3S. The molecule has 3 nitrogen and oxygen atoms in total. The summed E-state index contributed by atoms with van der Waals surface area (Å²) < 4.78 is 5.22. The van der Waals surface area contributed by atoms with Crippen LogP contribution in [0.15, 0.2) is 0 Å². The third-order valence-electron chi connectivity index (χ3n) is 2.32. The minimum absolute atomic E-state index is 0.0615. The molecule has 0 aromatic carbocycles. The Labute approximate surface area is 115 Å². The van der Waals surface area contributed by atoms with E-state index >= 15 is 0 Å². The summed E-state index contributed by atoms with van der Waals surface area (Å²) in [7, 11) is 0. The molecule has 0 bridgehead atoms. The molecule has 0 radical (unpaired) electrons. The standard InChI is InChI=1S/C14H26O3S/c1-6-8-18-9-7-12(11(2)15)13(16)17-10-14(3,4)5/h12H,6-10H2,1-5H3. The van der Waals surface area contributed by atoms with Gasteiger partial charge in [-0.1, -0.05) is 27.7 Å². The highest BCUT2D eigenvalue weighted by Crippen LogP contribution is 2.17. The highest BCUT2D eigenvalue weighted by Gasteiger charge is 2.25. The van der Waals surface area contributed by atoms with Crippen molar-refractivity contribution in [2.75, 3.05) is 18.1 Å². The number of ether oxygens (including phenoxy) is 1. The van der Waals surface area contributed by atoms with Crippen LogP contribution in [0.3, 0.4) is 0 Å². The Balaban J connectivity index is 4.16. The predicted molar refractivity (Wildman–Crippen MR) is 76.8 cm³/mol. The smallest absolute Gasteiger partial charge is 0.316 e. The minimum atomic E-state index is -0.586. The molecule has 0 amide bonds. The van der Waals surface area contributed by atoms with E-state index in [1.54, 1.807) is 11.8 Å². The molecule has 0 aromatic heterocycles. The average molecular weight is 274 g/mol. The number of hydrogen-bond donors (Lipinski definition) is 0. The SMILES string of the molecule is CCCSCCC(C(C)=O)C(=O)OCC(C)(C)C. The summed E-state index contributed by atoms with van der Waals surface area (Å²) in [5.74, 6) is 0.863. The van der Waals surface area contributed by atoms with Gasteiger partial charge in [-0.25, -0.2) is 0 Å². The zero-order chi connectivity index (χ0) is 14.2. The summed E-state index contributed by atoms with van der Waals surface area (Å²) in [6, 6.07) is 0. The van der Waals surface area contributed by atoms with Crippen molar-refractivity contribution in [2.45, 2.75) is 47.5 Å². The predicted octanol–water partition coefficient (Wildman–Crippen LogP) is 3.31. The normalized spacial score (nSPS) is 13.2. The number of carbonyl (C=O) groups excluding carboxylic acids is 2. The Bertz CT molecular complexity index is 269. The molecule has 0 N–H and O–H groups in total. The number of rotatable bonds is 8. The lowest BCUT2D eigenvalue weighted by atomic mass is 9.98. The fourth-order valence-electron chi connectivity index (χ4n) is 1.32. The van der Waals surface area contributed by atoms with Gasteiger partial charge in [0.15, 0.2) is 0 Å². The monoisotopic (exact) mass is 274 g/mol. The van der Waals surface area contributed by atoms with Crippen LogP contribution in [0, 0.1) is 11.3 Å². The maximum Gasteiger partial charge on any atom is 0.316 e. The van der Waals surface area contributed by atoms with Gasteiger partial charge in [-0.3, -0.25) is 9.59 Å². The van der Waals surface area contributed by atoms with E-state index in [9.17, 15) is 9.59 Å². The van der Waals surface area contributed by atoms with Crippen molar-refractivity contribution in [3.8, 4) is 0 Å². The number of esters is 1. The van der Waals surface area contributed by atoms with Crippen LogP contribution < -0.4 is 0 Å². The quantitative estimate of drug-likeness (QED) is 0.387. The molecule has 106 valence electrons. The van der Waals surface area contributed by atoms with Crippen LogP contribution in [-0.2, 0) is 14.3 Å². The van der Waals surface area contributed by atoms with Crippen LogP contribution in [0.5, 0.6) is 0 Å². The van der Waals surface area contributed by atoms with Crippen molar-refractivity contribution in [3.63, 3.8) is 0 Å². The molecule has 0 aliphatic rings. The van der Waals surface area contributed by atoms with Crippen molar-refractivity contribution in [1.82, 2.24) is 0 Å². The second kappa shape index (κ2) is 8.57. The molecule has 0 saturated carbocycles. The molecule has 0 rings (SSSR count). The molecule has 0 saturated heterocycles. The van der Waals surface area contributed by atoms with E-state index in [4.69, 9.17) is 4.74 Å².